The molecule has 0 aliphatic rings. The van der Waals surface area contributed by atoms with Gasteiger partial charge in [-0.25, -0.2) is 9.37 Å². The first-order valence-electron chi connectivity index (χ1n) is 5.22. The van der Waals surface area contributed by atoms with Gasteiger partial charge < -0.3 is 5.11 Å². The largest absolute Gasteiger partial charge is 0.385 e. The topological polar surface area (TPSA) is 46.0 Å². The zero-order valence-corrected chi connectivity index (χ0v) is 10.5. The van der Waals surface area contributed by atoms with E-state index in [4.69, 9.17) is 0 Å². The summed E-state index contributed by atoms with van der Waals surface area (Å²) in [5.41, 5.74) is 0.111. The molecule has 5 heteroatoms. The molecule has 0 radical (unpaired) electrons. The number of aromatic nitrogens is 2. The number of hydrogen-bond acceptors (Lipinski definition) is 4. The Labute approximate surface area is 103 Å². The Balaban J connectivity index is 2.24. The number of aliphatic hydroxyl groups is 1. The molecule has 2 aromatic heterocycles. The normalized spacial score (nSPS) is 14.6. The zero-order chi connectivity index (χ0) is 12.5. The summed E-state index contributed by atoms with van der Waals surface area (Å²) in [5.74, 6) is -0.447. The minimum atomic E-state index is -1.16. The molecular formula is C12H13FN2OS. The number of rotatable bonds is 3. The molecule has 0 aliphatic heterocycles. The standard InChI is InChI=1S/C12H13FN2OS/c1-8-15-11(7-17-8)4-12(2,16)9-3-10(13)6-14-5-9/h3,5-7,16H,4H2,1-2H3. The van der Waals surface area contributed by atoms with Gasteiger partial charge in [-0.15, -0.1) is 11.3 Å². The average Bonchev–Trinajstić information content (AvgIpc) is 2.63. The van der Waals surface area contributed by atoms with Crippen molar-refractivity contribution in [1.82, 2.24) is 9.97 Å². The van der Waals surface area contributed by atoms with Gasteiger partial charge >= 0.3 is 0 Å². The van der Waals surface area contributed by atoms with Crippen molar-refractivity contribution in [2.45, 2.75) is 25.9 Å². The lowest BCUT2D eigenvalue weighted by molar-refractivity contribution is 0.0560. The second-order valence-electron chi connectivity index (χ2n) is 4.20. The van der Waals surface area contributed by atoms with Crippen molar-refractivity contribution >= 4 is 11.3 Å². The maximum Gasteiger partial charge on any atom is 0.141 e. The molecule has 0 saturated carbocycles. The summed E-state index contributed by atoms with van der Waals surface area (Å²) in [5, 5.41) is 13.2. The van der Waals surface area contributed by atoms with E-state index in [9.17, 15) is 9.50 Å². The van der Waals surface area contributed by atoms with Crippen LogP contribution in [-0.2, 0) is 12.0 Å². The Morgan fingerprint density at radius 3 is 2.82 bits per heavy atom. The zero-order valence-electron chi connectivity index (χ0n) is 9.64. The number of thiazole rings is 1. The minimum Gasteiger partial charge on any atom is -0.385 e. The third-order valence-electron chi connectivity index (χ3n) is 2.52. The van der Waals surface area contributed by atoms with Gasteiger partial charge in [-0.3, -0.25) is 4.98 Å². The second kappa shape index (κ2) is 4.50. The lowest BCUT2D eigenvalue weighted by Crippen LogP contribution is -2.24. The van der Waals surface area contributed by atoms with Gasteiger partial charge in [0.25, 0.3) is 0 Å². The molecule has 2 heterocycles. The molecule has 0 saturated heterocycles. The average molecular weight is 252 g/mol. The van der Waals surface area contributed by atoms with Crippen molar-refractivity contribution in [3.05, 3.63) is 45.9 Å². The molecule has 0 aliphatic carbocycles. The fourth-order valence-electron chi connectivity index (χ4n) is 1.65. The first-order chi connectivity index (χ1) is 7.97. The Bertz CT molecular complexity index is 525. The molecule has 90 valence electrons. The van der Waals surface area contributed by atoms with E-state index in [0.717, 1.165) is 16.9 Å². The molecule has 0 amide bonds. The van der Waals surface area contributed by atoms with Crippen LogP contribution in [0.3, 0.4) is 0 Å². The predicted octanol–water partition coefficient (Wildman–Crippen LogP) is 2.44. The lowest BCUT2D eigenvalue weighted by atomic mass is 9.93. The monoisotopic (exact) mass is 252 g/mol. The molecule has 0 aromatic carbocycles. The first kappa shape index (κ1) is 12.1. The molecule has 1 N–H and O–H groups in total. The van der Waals surface area contributed by atoms with Gasteiger partial charge in [0.2, 0.25) is 0 Å². The van der Waals surface area contributed by atoms with Gasteiger partial charge in [-0.2, -0.15) is 0 Å². The Hall–Kier alpha value is -1.33. The van der Waals surface area contributed by atoms with E-state index in [1.54, 1.807) is 6.92 Å². The van der Waals surface area contributed by atoms with E-state index in [0.29, 0.717) is 12.0 Å². The van der Waals surface area contributed by atoms with Crippen LogP contribution in [0, 0.1) is 12.7 Å². The molecule has 3 nitrogen and oxygen atoms in total. The molecule has 2 rings (SSSR count). The molecular weight excluding hydrogens is 239 g/mol. The van der Waals surface area contributed by atoms with Crippen LogP contribution in [0.15, 0.2) is 23.8 Å². The van der Waals surface area contributed by atoms with Crippen LogP contribution in [0.4, 0.5) is 4.39 Å². The fourth-order valence-corrected chi connectivity index (χ4v) is 2.26. The smallest absolute Gasteiger partial charge is 0.141 e. The predicted molar refractivity (Wildman–Crippen MR) is 64.3 cm³/mol. The molecule has 1 unspecified atom stereocenters. The van der Waals surface area contributed by atoms with E-state index < -0.39 is 11.4 Å². The van der Waals surface area contributed by atoms with Crippen molar-refractivity contribution < 1.29 is 9.50 Å². The highest BCUT2D eigenvalue weighted by molar-refractivity contribution is 7.09. The molecule has 0 fully saturated rings. The Kier molecular flexibility index (Phi) is 3.22. The highest BCUT2D eigenvalue weighted by Crippen LogP contribution is 2.25. The quantitative estimate of drug-likeness (QED) is 0.912. The van der Waals surface area contributed by atoms with E-state index in [1.807, 2.05) is 12.3 Å². The number of aryl methyl sites for hydroxylation is 1. The first-order valence-corrected chi connectivity index (χ1v) is 6.10. The number of nitrogens with zero attached hydrogens (tertiary/aromatic N) is 2. The molecule has 1 atom stereocenters. The third kappa shape index (κ3) is 2.87. The van der Waals surface area contributed by atoms with Gasteiger partial charge in [0.1, 0.15) is 5.82 Å². The van der Waals surface area contributed by atoms with Crippen molar-refractivity contribution in [1.29, 1.82) is 0 Å². The summed E-state index contributed by atoms with van der Waals surface area (Å²) < 4.78 is 13.1. The molecule has 17 heavy (non-hydrogen) atoms. The number of pyridine rings is 1. The van der Waals surface area contributed by atoms with Crippen molar-refractivity contribution in [3.8, 4) is 0 Å². The van der Waals surface area contributed by atoms with Gasteiger partial charge in [-0.05, 0) is 19.9 Å². The van der Waals surface area contributed by atoms with Gasteiger partial charge in [0.15, 0.2) is 0 Å². The number of hydrogen-bond donors (Lipinski definition) is 1. The summed E-state index contributed by atoms with van der Waals surface area (Å²) in [6.07, 6.45) is 2.94. The van der Waals surface area contributed by atoms with Crippen molar-refractivity contribution in [3.63, 3.8) is 0 Å². The van der Waals surface area contributed by atoms with E-state index >= 15 is 0 Å². The third-order valence-corrected chi connectivity index (χ3v) is 3.34. The molecule has 0 spiro atoms. The van der Waals surface area contributed by atoms with Crippen LogP contribution in [0.25, 0.3) is 0 Å². The highest BCUT2D eigenvalue weighted by Gasteiger charge is 2.25. The SMILES string of the molecule is Cc1nc(CC(C)(O)c2cncc(F)c2)cs1. The molecule has 0 bridgehead atoms. The van der Waals surface area contributed by atoms with E-state index in [-0.39, 0.29) is 0 Å². The van der Waals surface area contributed by atoms with Gasteiger partial charge in [0.05, 0.1) is 22.5 Å². The van der Waals surface area contributed by atoms with Crippen LogP contribution >= 0.6 is 11.3 Å². The van der Waals surface area contributed by atoms with Crippen LogP contribution in [0.5, 0.6) is 0 Å². The summed E-state index contributed by atoms with van der Waals surface area (Å²) >= 11 is 1.53. The van der Waals surface area contributed by atoms with E-state index in [2.05, 4.69) is 9.97 Å². The summed E-state index contributed by atoms with van der Waals surface area (Å²) in [6.45, 7) is 3.55. The maximum atomic E-state index is 13.1. The van der Waals surface area contributed by atoms with Gasteiger partial charge in [0, 0.05) is 23.6 Å². The van der Waals surface area contributed by atoms with Gasteiger partial charge in [-0.1, -0.05) is 0 Å². The summed E-state index contributed by atoms with van der Waals surface area (Å²) in [4.78, 5) is 8.03. The minimum absolute atomic E-state index is 0.350. The molecule has 2 aromatic rings. The van der Waals surface area contributed by atoms with Crippen LogP contribution in [-0.4, -0.2) is 15.1 Å². The van der Waals surface area contributed by atoms with Crippen molar-refractivity contribution in [2.24, 2.45) is 0 Å². The van der Waals surface area contributed by atoms with Crippen LogP contribution in [0.2, 0.25) is 0 Å². The van der Waals surface area contributed by atoms with Crippen LogP contribution in [0.1, 0.15) is 23.2 Å². The fraction of sp³-hybridized carbons (Fsp3) is 0.333. The Morgan fingerprint density at radius 1 is 1.47 bits per heavy atom. The van der Waals surface area contributed by atoms with E-state index in [1.165, 1.54) is 23.6 Å². The number of halogens is 1. The lowest BCUT2D eigenvalue weighted by Gasteiger charge is -2.22. The summed E-state index contributed by atoms with van der Waals surface area (Å²) in [6, 6.07) is 1.30. The highest BCUT2D eigenvalue weighted by atomic mass is 32.1. The summed E-state index contributed by atoms with van der Waals surface area (Å²) in [7, 11) is 0. The maximum absolute atomic E-state index is 13.1. The Morgan fingerprint density at radius 2 is 2.24 bits per heavy atom. The van der Waals surface area contributed by atoms with Crippen molar-refractivity contribution in [2.75, 3.05) is 0 Å². The second-order valence-corrected chi connectivity index (χ2v) is 5.26. The van der Waals surface area contributed by atoms with Crippen LogP contribution < -0.4 is 0 Å².